The molecular formula is C24H26N4O4. The Morgan fingerprint density at radius 1 is 1.16 bits per heavy atom. The summed E-state index contributed by atoms with van der Waals surface area (Å²) in [6.45, 7) is 1.90. The van der Waals surface area contributed by atoms with E-state index in [1.165, 1.54) is 0 Å². The number of hydrogen-bond acceptors (Lipinski definition) is 6. The summed E-state index contributed by atoms with van der Waals surface area (Å²) >= 11 is 0. The summed E-state index contributed by atoms with van der Waals surface area (Å²) in [7, 11) is 0. The number of benzene rings is 1. The van der Waals surface area contributed by atoms with E-state index in [1.54, 1.807) is 17.0 Å². The second kappa shape index (κ2) is 8.26. The van der Waals surface area contributed by atoms with Gasteiger partial charge in [0.05, 0.1) is 6.54 Å². The highest BCUT2D eigenvalue weighted by Gasteiger charge is 2.31. The number of amidine groups is 1. The molecule has 0 atom stereocenters. The number of carboxylic acids is 1. The first-order valence-electron chi connectivity index (χ1n) is 11.1. The predicted octanol–water partition coefficient (Wildman–Crippen LogP) is 3.05. The average Bonchev–Trinajstić information content (AvgIpc) is 3.40. The molecule has 3 heterocycles. The number of rotatable bonds is 8. The van der Waals surface area contributed by atoms with E-state index in [0.717, 1.165) is 55.7 Å². The first kappa shape index (κ1) is 20.5. The Labute approximate surface area is 186 Å². The van der Waals surface area contributed by atoms with E-state index in [-0.39, 0.29) is 18.2 Å². The Balaban J connectivity index is 1.35. The molecule has 32 heavy (non-hydrogen) atoms. The molecular weight excluding hydrogens is 408 g/mol. The monoisotopic (exact) mass is 434 g/mol. The first-order valence-corrected chi connectivity index (χ1v) is 11.1. The van der Waals surface area contributed by atoms with Crippen molar-refractivity contribution in [2.75, 3.05) is 31.1 Å². The molecule has 8 nitrogen and oxygen atoms in total. The molecule has 5 rings (SSSR count). The molecule has 1 aromatic heterocycles. The van der Waals surface area contributed by atoms with E-state index >= 15 is 0 Å². The van der Waals surface area contributed by atoms with Gasteiger partial charge < -0.3 is 19.6 Å². The summed E-state index contributed by atoms with van der Waals surface area (Å²) in [6, 6.07) is 9.31. The van der Waals surface area contributed by atoms with Gasteiger partial charge in [-0.15, -0.1) is 0 Å². The van der Waals surface area contributed by atoms with Crippen LogP contribution in [0.5, 0.6) is 5.75 Å². The fourth-order valence-electron chi connectivity index (χ4n) is 4.41. The molecule has 1 aromatic carbocycles. The van der Waals surface area contributed by atoms with Crippen LogP contribution in [0.1, 0.15) is 58.9 Å². The first-order chi connectivity index (χ1) is 15.5. The Morgan fingerprint density at radius 2 is 1.94 bits per heavy atom. The lowest BCUT2D eigenvalue weighted by Gasteiger charge is -2.21. The van der Waals surface area contributed by atoms with Crippen LogP contribution >= 0.6 is 0 Å². The second-order valence-electron chi connectivity index (χ2n) is 8.74. The van der Waals surface area contributed by atoms with Crippen LogP contribution in [0.3, 0.4) is 0 Å². The maximum Gasteiger partial charge on any atom is 0.341 e. The Morgan fingerprint density at radius 3 is 2.66 bits per heavy atom. The van der Waals surface area contributed by atoms with Gasteiger partial charge in [-0.25, -0.2) is 9.78 Å². The lowest BCUT2D eigenvalue weighted by atomic mass is 10.1. The van der Waals surface area contributed by atoms with Crippen LogP contribution in [0.15, 0.2) is 30.3 Å². The third-order valence-corrected chi connectivity index (χ3v) is 6.28. The number of carbonyl (C=O) groups is 2. The minimum Gasteiger partial charge on any atom is -0.482 e. The van der Waals surface area contributed by atoms with E-state index in [4.69, 9.17) is 15.3 Å². The quantitative estimate of drug-likeness (QED) is 0.615. The minimum absolute atomic E-state index is 0.0653. The number of fused-ring (bicyclic) bond motifs is 1. The van der Waals surface area contributed by atoms with Crippen LogP contribution in [-0.4, -0.2) is 58.8 Å². The number of hydrogen-bond donors (Lipinski definition) is 2. The lowest BCUT2D eigenvalue weighted by Crippen LogP contribution is -2.30. The van der Waals surface area contributed by atoms with Gasteiger partial charge in [0, 0.05) is 54.1 Å². The van der Waals surface area contributed by atoms with E-state index in [2.05, 4.69) is 9.88 Å². The molecule has 0 radical (unpaired) electrons. The van der Waals surface area contributed by atoms with Crippen LogP contribution in [0.4, 0.5) is 5.69 Å². The molecule has 166 valence electrons. The van der Waals surface area contributed by atoms with Crippen molar-refractivity contribution in [1.82, 2.24) is 9.88 Å². The van der Waals surface area contributed by atoms with Crippen molar-refractivity contribution in [3.63, 3.8) is 0 Å². The molecule has 3 aliphatic rings. The maximum atomic E-state index is 13.2. The molecule has 8 heteroatoms. The van der Waals surface area contributed by atoms with Crippen molar-refractivity contribution in [2.24, 2.45) is 0 Å². The number of ether oxygens (including phenoxy) is 1. The SMILES string of the molecule is N=C1c2nc(C3CC3)ccc2CN1CC(=O)c1cc(OCC(=O)O)cc(N2CCCC2)c1. The number of anilines is 1. The number of carbonyl (C=O) groups excluding carboxylic acids is 1. The van der Waals surface area contributed by atoms with Crippen LogP contribution in [0.25, 0.3) is 0 Å². The number of aliphatic carboxylic acids is 1. The Hall–Kier alpha value is -3.42. The molecule has 1 saturated carbocycles. The Kier molecular flexibility index (Phi) is 5.28. The third kappa shape index (κ3) is 4.17. The molecule has 0 amide bonds. The smallest absolute Gasteiger partial charge is 0.341 e. The van der Waals surface area contributed by atoms with Crippen molar-refractivity contribution >= 4 is 23.3 Å². The number of aromatic nitrogens is 1. The molecule has 1 aliphatic carbocycles. The third-order valence-electron chi connectivity index (χ3n) is 6.28. The fourth-order valence-corrected chi connectivity index (χ4v) is 4.41. The van der Waals surface area contributed by atoms with Crippen LogP contribution in [0.2, 0.25) is 0 Å². The molecule has 2 aliphatic heterocycles. The van der Waals surface area contributed by atoms with Gasteiger partial charge in [0.1, 0.15) is 17.3 Å². The topological polar surface area (TPSA) is 107 Å². The maximum absolute atomic E-state index is 13.2. The normalized spacial score (nSPS) is 17.6. The van der Waals surface area contributed by atoms with Crippen molar-refractivity contribution in [3.05, 3.63) is 52.8 Å². The summed E-state index contributed by atoms with van der Waals surface area (Å²) in [5, 5.41) is 17.5. The van der Waals surface area contributed by atoms with Gasteiger partial charge in [0.25, 0.3) is 0 Å². The standard InChI is InChI=1S/C24H26N4O4/c25-24-23-16(5-6-20(26-23)15-3-4-15)12-28(24)13-21(29)17-9-18(27-7-1-2-8-27)11-19(10-17)32-14-22(30)31/h5-6,9-11,15,25H,1-4,7-8,12-14H2,(H,30,31). The molecule has 0 spiro atoms. The number of ketones is 1. The van der Waals surface area contributed by atoms with E-state index < -0.39 is 12.6 Å². The molecule has 2 N–H and O–H groups in total. The van der Waals surface area contributed by atoms with E-state index in [9.17, 15) is 9.59 Å². The van der Waals surface area contributed by atoms with Crippen LogP contribution < -0.4 is 9.64 Å². The highest BCUT2D eigenvalue weighted by molar-refractivity contribution is 6.04. The number of nitrogens with one attached hydrogen (secondary N) is 1. The minimum atomic E-state index is -1.06. The van der Waals surface area contributed by atoms with Crippen molar-refractivity contribution < 1.29 is 19.4 Å². The zero-order valence-corrected chi connectivity index (χ0v) is 17.8. The summed E-state index contributed by atoms with van der Waals surface area (Å²) in [5.74, 6) is -0.0251. The molecule has 2 aromatic rings. The largest absolute Gasteiger partial charge is 0.482 e. The molecule has 2 fully saturated rings. The molecule has 0 unspecified atom stereocenters. The predicted molar refractivity (Wildman–Crippen MR) is 119 cm³/mol. The van der Waals surface area contributed by atoms with Gasteiger partial charge in [0.15, 0.2) is 12.4 Å². The highest BCUT2D eigenvalue weighted by atomic mass is 16.5. The number of nitrogens with zero attached hydrogens (tertiary/aromatic N) is 3. The van der Waals surface area contributed by atoms with Crippen LogP contribution in [-0.2, 0) is 11.3 Å². The van der Waals surface area contributed by atoms with Gasteiger partial charge in [-0.1, -0.05) is 6.07 Å². The van der Waals surface area contributed by atoms with Gasteiger partial charge in [-0.2, -0.15) is 0 Å². The van der Waals surface area contributed by atoms with Crippen LogP contribution in [0, 0.1) is 5.41 Å². The van der Waals surface area contributed by atoms with E-state index in [1.807, 2.05) is 18.2 Å². The van der Waals surface area contributed by atoms with Gasteiger partial charge in [0.2, 0.25) is 0 Å². The van der Waals surface area contributed by atoms with Gasteiger partial charge >= 0.3 is 5.97 Å². The van der Waals surface area contributed by atoms with Gasteiger partial charge in [-0.05, 0) is 43.9 Å². The number of pyridine rings is 1. The van der Waals surface area contributed by atoms with Gasteiger partial charge in [-0.3, -0.25) is 10.2 Å². The van der Waals surface area contributed by atoms with Crippen molar-refractivity contribution in [2.45, 2.75) is 38.1 Å². The summed E-state index contributed by atoms with van der Waals surface area (Å²) in [4.78, 5) is 32.7. The van der Waals surface area contributed by atoms with Crippen molar-refractivity contribution in [3.8, 4) is 5.75 Å². The number of Topliss-reactive ketones (excluding diaryl/α,β-unsaturated/α-hetero) is 1. The average molecular weight is 434 g/mol. The lowest BCUT2D eigenvalue weighted by molar-refractivity contribution is -0.139. The highest BCUT2D eigenvalue weighted by Crippen LogP contribution is 2.39. The fraction of sp³-hybridized carbons (Fsp3) is 0.417. The van der Waals surface area contributed by atoms with Crippen molar-refractivity contribution in [1.29, 1.82) is 5.41 Å². The second-order valence-corrected chi connectivity index (χ2v) is 8.74. The summed E-state index contributed by atoms with van der Waals surface area (Å²) < 4.78 is 5.40. The Bertz CT molecular complexity index is 1090. The zero-order valence-electron chi connectivity index (χ0n) is 17.8. The summed E-state index contributed by atoms with van der Waals surface area (Å²) in [6.07, 6.45) is 4.48. The zero-order chi connectivity index (χ0) is 22.2. The molecule has 0 bridgehead atoms. The number of carboxylic acid groups (broad SMARTS) is 1. The van der Waals surface area contributed by atoms with E-state index in [0.29, 0.717) is 29.5 Å². The summed E-state index contributed by atoms with van der Waals surface area (Å²) in [5.41, 5.74) is 4.02. The molecule has 1 saturated heterocycles.